The second-order valence-corrected chi connectivity index (χ2v) is 4.53. The summed E-state index contributed by atoms with van der Waals surface area (Å²) >= 11 is 0. The highest BCUT2D eigenvalue weighted by Crippen LogP contribution is 2.30. The van der Waals surface area contributed by atoms with Gasteiger partial charge in [0.2, 0.25) is 0 Å². The minimum Gasteiger partial charge on any atom is -0.486 e. The Morgan fingerprint density at radius 2 is 2.20 bits per heavy atom. The van der Waals surface area contributed by atoms with E-state index in [1.165, 1.54) is 0 Å². The lowest BCUT2D eigenvalue weighted by atomic mass is 10.2. The minimum atomic E-state index is -0.288. The average molecular weight is 274 g/mol. The third kappa shape index (κ3) is 2.59. The molecule has 6 heteroatoms. The van der Waals surface area contributed by atoms with Crippen LogP contribution in [0.5, 0.6) is 11.5 Å². The van der Waals surface area contributed by atoms with E-state index in [1.807, 2.05) is 24.3 Å². The first-order valence-electron chi connectivity index (χ1n) is 6.32. The van der Waals surface area contributed by atoms with Crippen molar-refractivity contribution in [2.24, 2.45) is 0 Å². The maximum absolute atomic E-state index is 11.8. The van der Waals surface area contributed by atoms with Crippen molar-refractivity contribution in [1.29, 1.82) is 0 Å². The van der Waals surface area contributed by atoms with Gasteiger partial charge in [-0.05, 0) is 19.1 Å². The van der Waals surface area contributed by atoms with Crippen LogP contribution in [0.1, 0.15) is 16.2 Å². The molecule has 1 amide bonds. The Balaban J connectivity index is 1.56. The molecule has 6 nitrogen and oxygen atoms in total. The van der Waals surface area contributed by atoms with E-state index < -0.39 is 0 Å². The molecule has 0 bridgehead atoms. The van der Waals surface area contributed by atoms with Crippen LogP contribution < -0.4 is 14.8 Å². The first-order valence-corrected chi connectivity index (χ1v) is 6.32. The van der Waals surface area contributed by atoms with Crippen LogP contribution in [-0.2, 0) is 0 Å². The highest BCUT2D eigenvalue weighted by atomic mass is 16.6. The van der Waals surface area contributed by atoms with Crippen LogP contribution in [0, 0.1) is 6.92 Å². The highest BCUT2D eigenvalue weighted by molar-refractivity contribution is 5.92. The summed E-state index contributed by atoms with van der Waals surface area (Å²) in [5.74, 6) is 1.73. The molecule has 2 heterocycles. The smallest absolute Gasteiger partial charge is 0.273 e. The van der Waals surface area contributed by atoms with E-state index in [9.17, 15) is 4.79 Å². The van der Waals surface area contributed by atoms with Crippen molar-refractivity contribution in [3.8, 4) is 11.5 Å². The number of carbonyl (C=O) groups excluding carboxylic acids is 1. The number of rotatable bonds is 3. The highest BCUT2D eigenvalue weighted by Gasteiger charge is 2.21. The van der Waals surface area contributed by atoms with Gasteiger partial charge >= 0.3 is 0 Å². The zero-order chi connectivity index (χ0) is 13.9. The van der Waals surface area contributed by atoms with Crippen molar-refractivity contribution in [3.63, 3.8) is 0 Å². The number of benzene rings is 1. The fourth-order valence-corrected chi connectivity index (χ4v) is 1.93. The molecule has 1 aliphatic rings. The molecule has 1 aromatic heterocycles. The average Bonchev–Trinajstić information content (AvgIpc) is 2.91. The fraction of sp³-hybridized carbons (Fsp3) is 0.286. The number of aryl methyl sites for hydroxylation is 1. The normalized spacial score (nSPS) is 16.8. The predicted molar refractivity (Wildman–Crippen MR) is 69.9 cm³/mol. The summed E-state index contributed by atoms with van der Waals surface area (Å²) in [6, 6.07) is 9.04. The van der Waals surface area contributed by atoms with Crippen molar-refractivity contribution >= 4 is 5.91 Å². The maximum atomic E-state index is 11.8. The van der Waals surface area contributed by atoms with E-state index in [0.29, 0.717) is 24.7 Å². The number of hydrogen-bond donors (Lipinski definition) is 1. The summed E-state index contributed by atoms with van der Waals surface area (Å²) in [6.07, 6.45) is -0.221. The Labute approximate surface area is 115 Å². The quantitative estimate of drug-likeness (QED) is 0.919. The number of aromatic nitrogens is 1. The second kappa shape index (κ2) is 5.24. The van der Waals surface area contributed by atoms with Gasteiger partial charge in [0, 0.05) is 6.07 Å². The predicted octanol–water partition coefficient (Wildman–Crippen LogP) is 1.55. The molecule has 0 aliphatic carbocycles. The van der Waals surface area contributed by atoms with Gasteiger partial charge < -0.3 is 19.3 Å². The molecule has 0 saturated carbocycles. The number of para-hydroxylation sites is 2. The van der Waals surface area contributed by atoms with Crippen LogP contribution in [0.3, 0.4) is 0 Å². The van der Waals surface area contributed by atoms with Crippen LogP contribution in [0.2, 0.25) is 0 Å². The molecule has 0 saturated heterocycles. The summed E-state index contributed by atoms with van der Waals surface area (Å²) in [6.45, 7) is 2.48. The van der Waals surface area contributed by atoms with Gasteiger partial charge in [0.25, 0.3) is 5.91 Å². The Hall–Kier alpha value is -2.50. The van der Waals surface area contributed by atoms with Crippen molar-refractivity contribution in [3.05, 3.63) is 41.8 Å². The van der Waals surface area contributed by atoms with E-state index in [4.69, 9.17) is 14.0 Å². The maximum Gasteiger partial charge on any atom is 0.273 e. The Bertz CT molecular complexity index is 623. The first kappa shape index (κ1) is 12.5. The van der Waals surface area contributed by atoms with Crippen LogP contribution in [-0.4, -0.2) is 30.3 Å². The largest absolute Gasteiger partial charge is 0.486 e. The molecular formula is C14H14N2O4. The number of fused-ring (bicyclic) bond motifs is 1. The van der Waals surface area contributed by atoms with E-state index in [1.54, 1.807) is 13.0 Å². The number of nitrogens with zero attached hydrogens (tertiary/aromatic N) is 1. The third-order valence-corrected chi connectivity index (χ3v) is 2.92. The minimum absolute atomic E-state index is 0.221. The Morgan fingerprint density at radius 1 is 1.40 bits per heavy atom. The zero-order valence-electron chi connectivity index (χ0n) is 11.0. The molecule has 0 radical (unpaired) electrons. The summed E-state index contributed by atoms with van der Waals surface area (Å²) in [4.78, 5) is 11.8. The number of hydrogen-bond acceptors (Lipinski definition) is 5. The van der Waals surface area contributed by atoms with Gasteiger partial charge in [-0.25, -0.2) is 0 Å². The topological polar surface area (TPSA) is 73.6 Å². The third-order valence-electron chi connectivity index (χ3n) is 2.92. The van der Waals surface area contributed by atoms with Gasteiger partial charge in [0.1, 0.15) is 18.5 Å². The molecule has 1 atom stereocenters. The summed E-state index contributed by atoms with van der Waals surface area (Å²) in [5.41, 5.74) is 0.264. The van der Waals surface area contributed by atoms with Crippen LogP contribution in [0.4, 0.5) is 0 Å². The van der Waals surface area contributed by atoms with Crippen LogP contribution in [0.15, 0.2) is 34.9 Å². The first-order chi connectivity index (χ1) is 9.72. The van der Waals surface area contributed by atoms with Crippen molar-refractivity contribution in [2.45, 2.75) is 13.0 Å². The molecule has 1 aliphatic heterocycles. The molecule has 1 N–H and O–H groups in total. The van der Waals surface area contributed by atoms with Gasteiger partial charge in [0.15, 0.2) is 17.2 Å². The molecule has 104 valence electrons. The van der Waals surface area contributed by atoms with Gasteiger partial charge in [-0.3, -0.25) is 4.79 Å². The van der Waals surface area contributed by atoms with E-state index >= 15 is 0 Å². The molecule has 20 heavy (non-hydrogen) atoms. The van der Waals surface area contributed by atoms with E-state index in [-0.39, 0.29) is 17.7 Å². The molecule has 0 spiro atoms. The second-order valence-electron chi connectivity index (χ2n) is 4.53. The summed E-state index contributed by atoms with van der Waals surface area (Å²) in [7, 11) is 0. The Morgan fingerprint density at radius 3 is 2.95 bits per heavy atom. The molecule has 1 unspecified atom stereocenters. The number of nitrogens with one attached hydrogen (secondary N) is 1. The lowest BCUT2D eigenvalue weighted by molar-refractivity contribution is 0.0784. The molecule has 2 aromatic rings. The standard InChI is InChI=1S/C14H14N2O4/c1-9-6-11(16-20-9)14(17)15-7-10-8-18-12-4-2-3-5-13(12)19-10/h2-6,10H,7-8H2,1H3,(H,15,17). The molecule has 1 aromatic carbocycles. The number of ether oxygens (including phenoxy) is 2. The monoisotopic (exact) mass is 274 g/mol. The van der Waals surface area contributed by atoms with Crippen molar-refractivity contribution < 1.29 is 18.8 Å². The van der Waals surface area contributed by atoms with Gasteiger partial charge in [0.05, 0.1) is 6.54 Å². The lowest BCUT2D eigenvalue weighted by Crippen LogP contribution is -2.40. The van der Waals surface area contributed by atoms with Crippen molar-refractivity contribution in [2.75, 3.05) is 13.2 Å². The lowest BCUT2D eigenvalue weighted by Gasteiger charge is -2.26. The number of carbonyl (C=O) groups is 1. The summed E-state index contributed by atoms with van der Waals surface area (Å²) in [5, 5.41) is 6.40. The van der Waals surface area contributed by atoms with Crippen LogP contribution >= 0.6 is 0 Å². The van der Waals surface area contributed by atoms with E-state index in [2.05, 4.69) is 10.5 Å². The molecular weight excluding hydrogens is 260 g/mol. The Kier molecular flexibility index (Phi) is 3.28. The molecule has 3 rings (SSSR count). The van der Waals surface area contributed by atoms with Gasteiger partial charge in [-0.2, -0.15) is 0 Å². The van der Waals surface area contributed by atoms with Gasteiger partial charge in [-0.15, -0.1) is 0 Å². The van der Waals surface area contributed by atoms with Gasteiger partial charge in [-0.1, -0.05) is 17.3 Å². The van der Waals surface area contributed by atoms with Crippen LogP contribution in [0.25, 0.3) is 0 Å². The SMILES string of the molecule is Cc1cc(C(=O)NCC2COc3ccccc3O2)no1. The van der Waals surface area contributed by atoms with Crippen molar-refractivity contribution in [1.82, 2.24) is 10.5 Å². The summed E-state index contributed by atoms with van der Waals surface area (Å²) < 4.78 is 16.2. The zero-order valence-corrected chi connectivity index (χ0v) is 11.0. The fourth-order valence-electron chi connectivity index (χ4n) is 1.93. The molecule has 0 fully saturated rings. The number of amides is 1. The van der Waals surface area contributed by atoms with E-state index in [0.717, 1.165) is 5.75 Å².